The fourth-order valence-electron chi connectivity index (χ4n) is 2.17. The third-order valence-corrected chi connectivity index (χ3v) is 3.65. The van der Waals surface area contributed by atoms with Crippen molar-refractivity contribution >= 4 is 16.7 Å². The smallest absolute Gasteiger partial charge is 0.237 e. The molecule has 0 radical (unpaired) electrons. The van der Waals surface area contributed by atoms with Gasteiger partial charge in [0.15, 0.2) is 0 Å². The Balaban J connectivity index is 2.15. The quantitative estimate of drug-likeness (QED) is 0.897. The molecule has 0 bridgehead atoms. The molecule has 0 fully saturated rings. The Hall–Kier alpha value is -1.87. The van der Waals surface area contributed by atoms with E-state index in [1.54, 1.807) is 0 Å². The molecule has 0 aromatic heterocycles. The largest absolute Gasteiger partial charge is 0.348 e. The van der Waals surface area contributed by atoms with Gasteiger partial charge in [-0.2, -0.15) is 0 Å². The van der Waals surface area contributed by atoms with Gasteiger partial charge < -0.3 is 11.1 Å². The van der Waals surface area contributed by atoms with Crippen LogP contribution in [0.1, 0.15) is 32.4 Å². The second kappa shape index (κ2) is 6.06. The normalized spacial score (nSPS) is 14.2. The van der Waals surface area contributed by atoms with Crippen molar-refractivity contribution < 1.29 is 4.79 Å². The Morgan fingerprint density at radius 3 is 2.35 bits per heavy atom. The molecule has 2 aromatic rings. The highest BCUT2D eigenvalue weighted by molar-refractivity contribution is 5.84. The second-order valence-corrected chi connectivity index (χ2v) is 5.61. The Bertz CT molecular complexity index is 607. The topological polar surface area (TPSA) is 55.1 Å². The number of hydrogen-bond acceptors (Lipinski definition) is 2. The predicted octanol–water partition coefficient (Wildman–Crippen LogP) is 3.00. The highest BCUT2D eigenvalue weighted by atomic mass is 16.2. The van der Waals surface area contributed by atoms with Gasteiger partial charge in [0.05, 0.1) is 12.1 Å². The van der Waals surface area contributed by atoms with E-state index < -0.39 is 6.04 Å². The minimum absolute atomic E-state index is 0.0445. The molecule has 3 N–H and O–H groups in total. The number of rotatable bonds is 4. The van der Waals surface area contributed by atoms with Gasteiger partial charge in [-0.1, -0.05) is 50.2 Å². The first kappa shape index (κ1) is 14.5. The van der Waals surface area contributed by atoms with Crippen LogP contribution in [0.4, 0.5) is 0 Å². The third-order valence-electron chi connectivity index (χ3n) is 3.65. The van der Waals surface area contributed by atoms with E-state index in [1.807, 2.05) is 39.0 Å². The molecule has 3 heteroatoms. The molecule has 0 heterocycles. The van der Waals surface area contributed by atoms with Crippen molar-refractivity contribution in [2.75, 3.05) is 0 Å². The summed E-state index contributed by atoms with van der Waals surface area (Å²) in [4.78, 5) is 12.0. The molecule has 0 saturated carbocycles. The standard InChI is InChI=1S/C17H22N2O/c1-11(2)16(18)17(20)19-12(3)14-9-8-13-6-4-5-7-15(13)10-14/h4-12,16H,18H2,1-3H3,(H,19,20)/t12?,16-/m0/s1. The average molecular weight is 270 g/mol. The van der Waals surface area contributed by atoms with Crippen molar-refractivity contribution in [2.45, 2.75) is 32.9 Å². The zero-order valence-electron chi connectivity index (χ0n) is 12.3. The maximum Gasteiger partial charge on any atom is 0.237 e. The SMILES string of the molecule is CC(NC(=O)[C@@H](N)C(C)C)c1ccc2ccccc2c1. The number of amides is 1. The first-order chi connectivity index (χ1) is 9.49. The van der Waals surface area contributed by atoms with Crippen LogP contribution in [-0.2, 0) is 4.79 Å². The van der Waals surface area contributed by atoms with E-state index in [1.165, 1.54) is 10.8 Å². The van der Waals surface area contributed by atoms with Crippen molar-refractivity contribution in [2.24, 2.45) is 11.7 Å². The summed E-state index contributed by atoms with van der Waals surface area (Å²) in [6, 6.07) is 13.9. The molecule has 106 valence electrons. The molecular weight excluding hydrogens is 248 g/mol. The lowest BCUT2D eigenvalue weighted by molar-refractivity contribution is -0.123. The molecule has 1 unspecified atom stereocenters. The summed E-state index contributed by atoms with van der Waals surface area (Å²) in [5.41, 5.74) is 6.96. The lowest BCUT2D eigenvalue weighted by Gasteiger charge is -2.20. The molecule has 1 amide bonds. The van der Waals surface area contributed by atoms with E-state index in [9.17, 15) is 4.79 Å². The lowest BCUT2D eigenvalue weighted by atomic mass is 10.0. The van der Waals surface area contributed by atoms with Crippen LogP contribution in [0.2, 0.25) is 0 Å². The van der Waals surface area contributed by atoms with E-state index in [0.717, 1.165) is 5.56 Å². The predicted molar refractivity (Wildman–Crippen MR) is 83.3 cm³/mol. The van der Waals surface area contributed by atoms with Crippen molar-refractivity contribution in [1.29, 1.82) is 0 Å². The van der Waals surface area contributed by atoms with Gasteiger partial charge in [-0.05, 0) is 35.2 Å². The van der Waals surface area contributed by atoms with Crippen LogP contribution < -0.4 is 11.1 Å². The number of hydrogen-bond donors (Lipinski definition) is 2. The van der Waals surface area contributed by atoms with Gasteiger partial charge in [0.2, 0.25) is 5.91 Å². The Morgan fingerprint density at radius 2 is 1.70 bits per heavy atom. The Labute approximate surface area is 120 Å². The minimum Gasteiger partial charge on any atom is -0.348 e. The van der Waals surface area contributed by atoms with Crippen molar-refractivity contribution in [3.8, 4) is 0 Å². The third kappa shape index (κ3) is 3.17. The number of carbonyl (C=O) groups is 1. The second-order valence-electron chi connectivity index (χ2n) is 5.61. The molecule has 0 aliphatic carbocycles. The van der Waals surface area contributed by atoms with E-state index in [2.05, 4.69) is 29.6 Å². The summed E-state index contributed by atoms with van der Waals surface area (Å²) in [6.45, 7) is 5.88. The zero-order valence-corrected chi connectivity index (χ0v) is 12.3. The molecule has 0 aliphatic rings. The molecular formula is C17H22N2O. The van der Waals surface area contributed by atoms with Crippen molar-refractivity contribution in [3.63, 3.8) is 0 Å². The summed E-state index contributed by atoms with van der Waals surface area (Å²) in [7, 11) is 0. The maximum absolute atomic E-state index is 12.0. The highest BCUT2D eigenvalue weighted by Crippen LogP contribution is 2.20. The fourth-order valence-corrected chi connectivity index (χ4v) is 2.17. The number of fused-ring (bicyclic) bond motifs is 1. The molecule has 3 nitrogen and oxygen atoms in total. The van der Waals surface area contributed by atoms with Crippen LogP contribution in [0.3, 0.4) is 0 Å². The molecule has 2 rings (SSSR count). The molecule has 0 saturated heterocycles. The molecule has 2 atom stereocenters. The molecule has 0 aliphatic heterocycles. The number of nitrogens with two attached hydrogens (primary N) is 1. The average Bonchev–Trinajstić information content (AvgIpc) is 2.45. The van der Waals surface area contributed by atoms with Crippen LogP contribution in [0.15, 0.2) is 42.5 Å². The lowest BCUT2D eigenvalue weighted by Crippen LogP contribution is -2.44. The summed E-state index contributed by atoms with van der Waals surface area (Å²) in [5.74, 6) is 0.0412. The first-order valence-corrected chi connectivity index (χ1v) is 7.03. The number of benzene rings is 2. The van der Waals surface area contributed by atoms with Crippen LogP contribution in [-0.4, -0.2) is 11.9 Å². The van der Waals surface area contributed by atoms with Crippen LogP contribution in [0, 0.1) is 5.92 Å². The van der Waals surface area contributed by atoms with Crippen LogP contribution in [0.5, 0.6) is 0 Å². The van der Waals surface area contributed by atoms with Gasteiger partial charge in [0.1, 0.15) is 0 Å². The molecule has 0 spiro atoms. The Kier molecular flexibility index (Phi) is 4.40. The van der Waals surface area contributed by atoms with Gasteiger partial charge >= 0.3 is 0 Å². The van der Waals surface area contributed by atoms with E-state index in [-0.39, 0.29) is 17.9 Å². The number of nitrogens with one attached hydrogen (secondary N) is 1. The monoisotopic (exact) mass is 270 g/mol. The van der Waals surface area contributed by atoms with Gasteiger partial charge in [-0.15, -0.1) is 0 Å². The van der Waals surface area contributed by atoms with Gasteiger partial charge in [0.25, 0.3) is 0 Å². The Morgan fingerprint density at radius 1 is 1.05 bits per heavy atom. The summed E-state index contributed by atoms with van der Waals surface area (Å²) in [6.07, 6.45) is 0. The zero-order chi connectivity index (χ0) is 14.7. The summed E-state index contributed by atoms with van der Waals surface area (Å²) >= 11 is 0. The summed E-state index contributed by atoms with van der Waals surface area (Å²) < 4.78 is 0. The van der Waals surface area contributed by atoms with Crippen molar-refractivity contribution in [1.82, 2.24) is 5.32 Å². The number of carbonyl (C=O) groups excluding carboxylic acids is 1. The first-order valence-electron chi connectivity index (χ1n) is 7.03. The highest BCUT2D eigenvalue weighted by Gasteiger charge is 2.19. The van der Waals surface area contributed by atoms with Gasteiger partial charge in [-0.3, -0.25) is 4.79 Å². The van der Waals surface area contributed by atoms with E-state index >= 15 is 0 Å². The minimum atomic E-state index is -0.460. The maximum atomic E-state index is 12.0. The van der Waals surface area contributed by atoms with Crippen LogP contribution >= 0.6 is 0 Å². The molecule has 20 heavy (non-hydrogen) atoms. The van der Waals surface area contributed by atoms with Gasteiger partial charge in [-0.25, -0.2) is 0 Å². The van der Waals surface area contributed by atoms with Gasteiger partial charge in [0, 0.05) is 0 Å². The van der Waals surface area contributed by atoms with E-state index in [4.69, 9.17) is 5.73 Å². The van der Waals surface area contributed by atoms with Crippen LogP contribution in [0.25, 0.3) is 10.8 Å². The van der Waals surface area contributed by atoms with Crippen molar-refractivity contribution in [3.05, 3.63) is 48.0 Å². The summed E-state index contributed by atoms with van der Waals surface area (Å²) in [5, 5.41) is 5.36. The fraction of sp³-hybridized carbons (Fsp3) is 0.353. The van der Waals surface area contributed by atoms with E-state index in [0.29, 0.717) is 0 Å². The molecule has 2 aromatic carbocycles.